The van der Waals surface area contributed by atoms with Gasteiger partial charge in [-0.25, -0.2) is 4.79 Å². The highest BCUT2D eigenvalue weighted by Gasteiger charge is 2.22. The number of amides is 1. The molecule has 4 nitrogen and oxygen atoms in total. The first-order valence-corrected chi connectivity index (χ1v) is 11.1. The molecule has 0 saturated carbocycles. The minimum atomic E-state index is -0.422. The summed E-state index contributed by atoms with van der Waals surface area (Å²) < 4.78 is 5.28. The number of fused-ring (bicyclic) bond motifs is 1. The summed E-state index contributed by atoms with van der Waals surface area (Å²) in [6.45, 7) is 1.94. The Morgan fingerprint density at radius 2 is 1.87 bits per heavy atom. The van der Waals surface area contributed by atoms with E-state index in [0.29, 0.717) is 10.8 Å². The SMILES string of the molecule is C[C@H]1CCc2sc(C(=O)OCC(=O)Nc3ccccc3Cc3ccccc3)cc2C1. The average molecular weight is 420 g/mol. The van der Waals surface area contributed by atoms with Crippen molar-refractivity contribution in [2.24, 2.45) is 5.92 Å². The molecule has 0 saturated heterocycles. The van der Waals surface area contributed by atoms with Crippen LogP contribution >= 0.6 is 11.3 Å². The van der Waals surface area contributed by atoms with Crippen LogP contribution < -0.4 is 5.32 Å². The van der Waals surface area contributed by atoms with Crippen LogP contribution in [-0.4, -0.2) is 18.5 Å². The quantitative estimate of drug-likeness (QED) is 0.555. The molecule has 1 aliphatic carbocycles. The van der Waals surface area contributed by atoms with Crippen LogP contribution in [-0.2, 0) is 28.8 Å². The van der Waals surface area contributed by atoms with Crippen molar-refractivity contribution in [3.05, 3.63) is 87.1 Å². The topological polar surface area (TPSA) is 55.4 Å². The van der Waals surface area contributed by atoms with E-state index in [1.54, 1.807) is 0 Å². The number of nitrogens with one attached hydrogen (secondary N) is 1. The second-order valence-corrected chi connectivity index (χ2v) is 8.99. The van der Waals surface area contributed by atoms with Crippen LogP contribution in [0.15, 0.2) is 60.7 Å². The zero-order chi connectivity index (χ0) is 20.9. The van der Waals surface area contributed by atoms with Gasteiger partial charge < -0.3 is 10.1 Å². The van der Waals surface area contributed by atoms with Crippen molar-refractivity contribution < 1.29 is 14.3 Å². The molecule has 0 spiro atoms. The molecule has 1 aliphatic rings. The monoisotopic (exact) mass is 419 g/mol. The van der Waals surface area contributed by atoms with Gasteiger partial charge in [0.15, 0.2) is 6.61 Å². The highest BCUT2D eigenvalue weighted by Crippen LogP contribution is 2.32. The molecule has 0 fully saturated rings. The van der Waals surface area contributed by atoms with Crippen LogP contribution in [0.1, 0.15) is 44.6 Å². The zero-order valence-electron chi connectivity index (χ0n) is 17.0. The number of para-hydroxylation sites is 1. The molecule has 1 heterocycles. The number of ether oxygens (including phenoxy) is 1. The Labute approximate surface area is 180 Å². The van der Waals surface area contributed by atoms with Gasteiger partial charge in [0.05, 0.1) is 0 Å². The van der Waals surface area contributed by atoms with Gasteiger partial charge >= 0.3 is 5.97 Å². The van der Waals surface area contributed by atoms with Crippen molar-refractivity contribution in [3.63, 3.8) is 0 Å². The molecule has 1 N–H and O–H groups in total. The van der Waals surface area contributed by atoms with E-state index in [2.05, 4.69) is 24.4 Å². The predicted octanol–water partition coefficient (Wildman–Crippen LogP) is 5.26. The van der Waals surface area contributed by atoms with Crippen molar-refractivity contribution >= 4 is 28.9 Å². The summed E-state index contributed by atoms with van der Waals surface area (Å²) in [4.78, 5) is 26.7. The Hall–Kier alpha value is -2.92. The maximum absolute atomic E-state index is 12.4. The number of benzene rings is 2. The molecule has 30 heavy (non-hydrogen) atoms. The maximum Gasteiger partial charge on any atom is 0.348 e. The van der Waals surface area contributed by atoms with Crippen LogP contribution in [0.4, 0.5) is 5.69 Å². The van der Waals surface area contributed by atoms with Crippen molar-refractivity contribution in [3.8, 4) is 0 Å². The van der Waals surface area contributed by atoms with Gasteiger partial charge in [0, 0.05) is 10.6 Å². The lowest BCUT2D eigenvalue weighted by Crippen LogP contribution is -2.21. The summed E-state index contributed by atoms with van der Waals surface area (Å²) >= 11 is 1.50. The minimum absolute atomic E-state index is 0.294. The molecule has 1 atom stereocenters. The van der Waals surface area contributed by atoms with Crippen molar-refractivity contribution in [1.82, 2.24) is 0 Å². The lowest BCUT2D eigenvalue weighted by atomic mass is 9.90. The van der Waals surface area contributed by atoms with E-state index in [9.17, 15) is 9.59 Å². The predicted molar refractivity (Wildman–Crippen MR) is 120 cm³/mol. The molecule has 2 aromatic carbocycles. The third kappa shape index (κ3) is 4.97. The number of carbonyl (C=O) groups excluding carboxylic acids is 2. The van der Waals surface area contributed by atoms with E-state index in [4.69, 9.17) is 4.74 Å². The summed E-state index contributed by atoms with van der Waals surface area (Å²) in [7, 11) is 0. The molecule has 5 heteroatoms. The van der Waals surface area contributed by atoms with Gasteiger partial charge in [0.1, 0.15) is 4.88 Å². The van der Waals surface area contributed by atoms with E-state index in [-0.39, 0.29) is 12.5 Å². The molecule has 0 bridgehead atoms. The summed E-state index contributed by atoms with van der Waals surface area (Å²) in [5.41, 5.74) is 4.18. The molecule has 1 aromatic heterocycles. The number of anilines is 1. The molecule has 0 radical (unpaired) electrons. The number of hydrogen-bond acceptors (Lipinski definition) is 4. The second-order valence-electron chi connectivity index (χ2n) is 7.85. The molecule has 1 amide bonds. The van der Waals surface area contributed by atoms with Crippen molar-refractivity contribution in [2.75, 3.05) is 11.9 Å². The molecular weight excluding hydrogens is 394 g/mol. The van der Waals surface area contributed by atoms with Crippen LogP contribution in [0.25, 0.3) is 0 Å². The van der Waals surface area contributed by atoms with Crippen LogP contribution in [0, 0.1) is 5.92 Å². The van der Waals surface area contributed by atoms with Crippen LogP contribution in [0.2, 0.25) is 0 Å². The summed E-state index contributed by atoms with van der Waals surface area (Å²) in [5, 5.41) is 2.88. The van der Waals surface area contributed by atoms with Crippen LogP contribution in [0.3, 0.4) is 0 Å². The number of rotatable bonds is 6. The lowest BCUT2D eigenvalue weighted by molar-refractivity contribution is -0.119. The number of hydrogen-bond donors (Lipinski definition) is 1. The van der Waals surface area contributed by atoms with E-state index < -0.39 is 5.97 Å². The molecule has 4 rings (SSSR count). The summed E-state index contributed by atoms with van der Waals surface area (Å²) in [6, 6.07) is 19.7. The first kappa shape index (κ1) is 20.4. The Morgan fingerprint density at radius 3 is 2.70 bits per heavy atom. The van der Waals surface area contributed by atoms with E-state index in [1.165, 1.54) is 27.3 Å². The number of thiophene rings is 1. The van der Waals surface area contributed by atoms with E-state index in [1.807, 2.05) is 48.5 Å². The van der Waals surface area contributed by atoms with Gasteiger partial charge in [-0.3, -0.25) is 4.79 Å². The van der Waals surface area contributed by atoms with Gasteiger partial charge in [-0.15, -0.1) is 11.3 Å². The Bertz CT molecular complexity index is 1040. The number of esters is 1. The van der Waals surface area contributed by atoms with E-state index in [0.717, 1.165) is 36.9 Å². The highest BCUT2D eigenvalue weighted by atomic mass is 32.1. The van der Waals surface area contributed by atoms with Crippen molar-refractivity contribution in [2.45, 2.75) is 32.6 Å². The second kappa shape index (κ2) is 9.26. The third-order valence-corrected chi connectivity index (χ3v) is 6.61. The first-order valence-electron chi connectivity index (χ1n) is 10.3. The molecule has 154 valence electrons. The Morgan fingerprint density at radius 1 is 1.10 bits per heavy atom. The smallest absolute Gasteiger partial charge is 0.348 e. The van der Waals surface area contributed by atoms with Crippen molar-refractivity contribution in [1.29, 1.82) is 0 Å². The zero-order valence-corrected chi connectivity index (χ0v) is 17.8. The highest BCUT2D eigenvalue weighted by molar-refractivity contribution is 7.14. The summed E-state index contributed by atoms with van der Waals surface area (Å²) in [5.74, 6) is -0.105. The maximum atomic E-state index is 12.4. The van der Waals surface area contributed by atoms with Gasteiger partial charge in [0.25, 0.3) is 5.91 Å². The van der Waals surface area contributed by atoms with Gasteiger partial charge in [-0.1, -0.05) is 55.5 Å². The first-order chi connectivity index (χ1) is 14.6. The Kier molecular flexibility index (Phi) is 6.29. The molecule has 0 unspecified atom stereocenters. The summed E-state index contributed by atoms with van der Waals surface area (Å²) in [6.07, 6.45) is 3.91. The van der Waals surface area contributed by atoms with E-state index >= 15 is 0 Å². The fraction of sp³-hybridized carbons (Fsp3) is 0.280. The van der Waals surface area contributed by atoms with Gasteiger partial charge in [-0.2, -0.15) is 0 Å². The lowest BCUT2D eigenvalue weighted by Gasteiger charge is -2.16. The fourth-order valence-electron chi connectivity index (χ4n) is 3.81. The minimum Gasteiger partial charge on any atom is -0.451 e. The normalized spacial score (nSPS) is 15.3. The fourth-order valence-corrected chi connectivity index (χ4v) is 4.91. The third-order valence-electron chi connectivity index (χ3n) is 5.39. The molecule has 0 aliphatic heterocycles. The largest absolute Gasteiger partial charge is 0.451 e. The average Bonchev–Trinajstić information content (AvgIpc) is 3.17. The molecule has 3 aromatic rings. The standard InChI is InChI=1S/C25H25NO3S/c1-17-11-12-22-20(13-17)15-23(30-22)25(28)29-16-24(27)26-21-10-6-5-9-19(21)14-18-7-3-2-4-8-18/h2-10,15,17H,11-14,16H2,1H3,(H,26,27)/t17-/m0/s1. The van der Waals surface area contributed by atoms with Crippen LogP contribution in [0.5, 0.6) is 0 Å². The Balaban J connectivity index is 1.35. The number of carbonyl (C=O) groups is 2. The van der Waals surface area contributed by atoms with Gasteiger partial charge in [-0.05, 0) is 60.4 Å². The number of aryl methyl sites for hydroxylation is 1. The molecular formula is C25H25NO3S. The van der Waals surface area contributed by atoms with Gasteiger partial charge in [0.2, 0.25) is 0 Å².